The predicted molar refractivity (Wildman–Crippen MR) is 95.7 cm³/mol. The number of imidazole rings is 1. The van der Waals surface area contributed by atoms with Gasteiger partial charge in [-0.3, -0.25) is 10.00 Å². The van der Waals surface area contributed by atoms with Crippen LogP contribution in [0.5, 0.6) is 0 Å². The summed E-state index contributed by atoms with van der Waals surface area (Å²) in [5, 5.41) is 7.32. The number of piperidine rings is 1. The van der Waals surface area contributed by atoms with E-state index in [1.807, 2.05) is 6.20 Å². The van der Waals surface area contributed by atoms with E-state index in [1.165, 1.54) is 36.2 Å². The molecule has 0 radical (unpaired) electrons. The molecule has 1 fully saturated rings. The Kier molecular flexibility index (Phi) is 4.10. The molecule has 0 amide bonds. The number of fused-ring (bicyclic) bond motifs is 1. The standard InChI is InChI=1S/C19H25N5/c1-14-11-20-22-17(14)10-15-6-5-9-24(12-15)13-19-21-16-7-3-4-8-18(16)23(19)2/h3-4,7-8,11,15H,5-6,9-10,12-13H2,1-2H3,(H,20,22)/t15-/m1/s1. The summed E-state index contributed by atoms with van der Waals surface area (Å²) in [7, 11) is 2.13. The molecule has 0 aliphatic carbocycles. The largest absolute Gasteiger partial charge is 0.330 e. The van der Waals surface area contributed by atoms with E-state index >= 15 is 0 Å². The molecule has 4 rings (SSSR count). The summed E-state index contributed by atoms with van der Waals surface area (Å²) in [4.78, 5) is 7.38. The summed E-state index contributed by atoms with van der Waals surface area (Å²) in [5.74, 6) is 1.86. The van der Waals surface area contributed by atoms with Gasteiger partial charge in [0.05, 0.1) is 23.8 Å². The molecule has 0 saturated carbocycles. The van der Waals surface area contributed by atoms with Crippen molar-refractivity contribution in [1.29, 1.82) is 0 Å². The van der Waals surface area contributed by atoms with Crippen LogP contribution < -0.4 is 0 Å². The molecule has 1 aromatic carbocycles. The summed E-state index contributed by atoms with van der Waals surface area (Å²) in [6.45, 7) is 5.38. The van der Waals surface area contributed by atoms with Gasteiger partial charge in [0, 0.05) is 19.3 Å². The number of aryl methyl sites for hydroxylation is 2. The average Bonchev–Trinajstić information content (AvgIpc) is 3.13. The third-order valence-electron chi connectivity index (χ3n) is 5.27. The summed E-state index contributed by atoms with van der Waals surface area (Å²) >= 11 is 0. The number of H-pyrrole nitrogens is 1. The minimum absolute atomic E-state index is 0.701. The Hall–Kier alpha value is -2.14. The first-order valence-electron chi connectivity index (χ1n) is 8.82. The van der Waals surface area contributed by atoms with Gasteiger partial charge >= 0.3 is 0 Å². The predicted octanol–water partition coefficient (Wildman–Crippen LogP) is 3.06. The van der Waals surface area contributed by atoms with Crippen molar-refractivity contribution in [1.82, 2.24) is 24.6 Å². The summed E-state index contributed by atoms with van der Waals surface area (Å²) < 4.78 is 2.23. The highest BCUT2D eigenvalue weighted by Gasteiger charge is 2.22. The van der Waals surface area contributed by atoms with Gasteiger partial charge in [0.1, 0.15) is 5.82 Å². The minimum atomic E-state index is 0.701. The second-order valence-corrected chi connectivity index (χ2v) is 7.05. The number of hydrogen-bond acceptors (Lipinski definition) is 3. The molecule has 2 aromatic heterocycles. The maximum atomic E-state index is 4.83. The molecule has 5 nitrogen and oxygen atoms in total. The van der Waals surface area contributed by atoms with Crippen molar-refractivity contribution in [3.63, 3.8) is 0 Å². The number of hydrogen-bond donors (Lipinski definition) is 1. The van der Waals surface area contributed by atoms with Gasteiger partial charge in [0.15, 0.2) is 0 Å². The van der Waals surface area contributed by atoms with Crippen LogP contribution in [0.2, 0.25) is 0 Å². The Bertz CT molecular complexity index is 831. The lowest BCUT2D eigenvalue weighted by Crippen LogP contribution is -2.36. The number of para-hydroxylation sites is 2. The van der Waals surface area contributed by atoms with Crippen LogP contribution in [0.4, 0.5) is 0 Å². The van der Waals surface area contributed by atoms with Gasteiger partial charge in [0.25, 0.3) is 0 Å². The van der Waals surface area contributed by atoms with Crippen molar-refractivity contribution in [3.8, 4) is 0 Å². The first kappa shape index (κ1) is 15.4. The van der Waals surface area contributed by atoms with Gasteiger partial charge in [0.2, 0.25) is 0 Å². The molecule has 1 atom stereocenters. The molecule has 24 heavy (non-hydrogen) atoms. The highest BCUT2D eigenvalue weighted by Crippen LogP contribution is 2.23. The van der Waals surface area contributed by atoms with Crippen LogP contribution in [-0.4, -0.2) is 37.7 Å². The van der Waals surface area contributed by atoms with Gasteiger partial charge in [-0.25, -0.2) is 4.98 Å². The average molecular weight is 323 g/mol. The number of aromatic amines is 1. The van der Waals surface area contributed by atoms with Gasteiger partial charge in [-0.15, -0.1) is 0 Å². The van der Waals surface area contributed by atoms with Gasteiger partial charge in [-0.1, -0.05) is 12.1 Å². The Balaban J connectivity index is 1.46. The van der Waals surface area contributed by atoms with Crippen LogP contribution in [0, 0.1) is 12.8 Å². The highest BCUT2D eigenvalue weighted by molar-refractivity contribution is 5.75. The Morgan fingerprint density at radius 1 is 1.29 bits per heavy atom. The number of nitrogens with zero attached hydrogens (tertiary/aromatic N) is 4. The fourth-order valence-electron chi connectivity index (χ4n) is 3.87. The van der Waals surface area contributed by atoms with E-state index in [9.17, 15) is 0 Å². The quantitative estimate of drug-likeness (QED) is 0.803. The zero-order valence-electron chi connectivity index (χ0n) is 14.5. The highest BCUT2D eigenvalue weighted by atomic mass is 15.2. The maximum Gasteiger partial charge on any atom is 0.123 e. The van der Waals surface area contributed by atoms with Crippen molar-refractivity contribution in [2.24, 2.45) is 13.0 Å². The Labute approximate surface area is 142 Å². The number of likely N-dealkylation sites (tertiary alicyclic amines) is 1. The molecule has 0 unspecified atom stereocenters. The van der Waals surface area contributed by atoms with Crippen LogP contribution in [0.25, 0.3) is 11.0 Å². The summed E-state index contributed by atoms with van der Waals surface area (Å²) in [6, 6.07) is 8.38. The van der Waals surface area contributed by atoms with Gasteiger partial charge in [-0.05, 0) is 56.3 Å². The first-order chi connectivity index (χ1) is 11.7. The topological polar surface area (TPSA) is 49.7 Å². The Morgan fingerprint density at radius 2 is 2.17 bits per heavy atom. The molecular weight excluding hydrogens is 298 g/mol. The Morgan fingerprint density at radius 3 is 2.96 bits per heavy atom. The lowest BCUT2D eigenvalue weighted by atomic mass is 9.92. The summed E-state index contributed by atoms with van der Waals surface area (Å²) in [5.41, 5.74) is 4.89. The lowest BCUT2D eigenvalue weighted by Gasteiger charge is -2.32. The van der Waals surface area contributed by atoms with Gasteiger partial charge in [-0.2, -0.15) is 5.10 Å². The fourth-order valence-corrected chi connectivity index (χ4v) is 3.87. The molecule has 3 heterocycles. The molecule has 0 bridgehead atoms. The van der Waals surface area contributed by atoms with Crippen LogP contribution in [0.3, 0.4) is 0 Å². The maximum absolute atomic E-state index is 4.83. The molecule has 1 N–H and O–H groups in total. The first-order valence-corrected chi connectivity index (χ1v) is 8.82. The van der Waals surface area contributed by atoms with Crippen LogP contribution in [0.15, 0.2) is 30.5 Å². The van der Waals surface area contributed by atoms with Crippen LogP contribution >= 0.6 is 0 Å². The lowest BCUT2D eigenvalue weighted by molar-refractivity contribution is 0.162. The zero-order chi connectivity index (χ0) is 16.5. The van der Waals surface area contributed by atoms with E-state index in [2.05, 4.69) is 57.9 Å². The zero-order valence-corrected chi connectivity index (χ0v) is 14.5. The van der Waals surface area contributed by atoms with E-state index in [0.29, 0.717) is 5.92 Å². The normalized spacial score (nSPS) is 19.2. The second kappa shape index (κ2) is 6.40. The molecule has 3 aromatic rings. The van der Waals surface area contributed by atoms with E-state index in [-0.39, 0.29) is 0 Å². The van der Waals surface area contributed by atoms with E-state index < -0.39 is 0 Å². The smallest absolute Gasteiger partial charge is 0.123 e. The number of nitrogens with one attached hydrogen (secondary N) is 1. The second-order valence-electron chi connectivity index (χ2n) is 7.05. The summed E-state index contributed by atoms with van der Waals surface area (Å²) in [6.07, 6.45) is 5.60. The SMILES string of the molecule is Cc1cn[nH]c1C[C@H]1CCCN(Cc2nc3ccccc3n2C)C1. The third kappa shape index (κ3) is 2.96. The van der Waals surface area contributed by atoms with Crippen molar-refractivity contribution in [3.05, 3.63) is 47.5 Å². The van der Waals surface area contributed by atoms with Crippen molar-refractivity contribution >= 4 is 11.0 Å². The molecule has 1 saturated heterocycles. The molecule has 0 spiro atoms. The number of rotatable bonds is 4. The van der Waals surface area contributed by atoms with Crippen LogP contribution in [-0.2, 0) is 20.0 Å². The van der Waals surface area contributed by atoms with Crippen molar-refractivity contribution in [2.45, 2.75) is 32.7 Å². The molecule has 1 aliphatic rings. The van der Waals surface area contributed by atoms with Crippen molar-refractivity contribution < 1.29 is 0 Å². The van der Waals surface area contributed by atoms with E-state index in [1.54, 1.807) is 0 Å². The third-order valence-corrected chi connectivity index (χ3v) is 5.27. The number of aromatic nitrogens is 4. The minimum Gasteiger partial charge on any atom is -0.330 e. The molecule has 126 valence electrons. The monoisotopic (exact) mass is 323 g/mol. The molecule has 5 heteroatoms. The van der Waals surface area contributed by atoms with Crippen molar-refractivity contribution in [2.75, 3.05) is 13.1 Å². The van der Waals surface area contributed by atoms with Crippen LogP contribution in [0.1, 0.15) is 29.9 Å². The molecule has 1 aliphatic heterocycles. The van der Waals surface area contributed by atoms with E-state index in [0.717, 1.165) is 30.9 Å². The molecular formula is C19H25N5. The fraction of sp³-hybridized carbons (Fsp3) is 0.474. The van der Waals surface area contributed by atoms with Gasteiger partial charge < -0.3 is 4.57 Å². The van der Waals surface area contributed by atoms with E-state index in [4.69, 9.17) is 4.98 Å². The number of benzene rings is 1.